The lowest BCUT2D eigenvalue weighted by molar-refractivity contribution is 1.19. The van der Waals surface area contributed by atoms with Crippen LogP contribution in [0.2, 0.25) is 0 Å². The highest BCUT2D eigenvalue weighted by Gasteiger charge is 2.02. The fourth-order valence-electron chi connectivity index (χ4n) is 1.59. The van der Waals surface area contributed by atoms with E-state index in [9.17, 15) is 0 Å². The Hall–Kier alpha value is -1.48. The quantitative estimate of drug-likeness (QED) is 0.794. The predicted molar refractivity (Wildman–Crippen MR) is 72.0 cm³/mol. The molecule has 1 aromatic heterocycles. The third-order valence-electron chi connectivity index (χ3n) is 2.70. The SMILES string of the molecule is Cc1cc(N)c(NCc2cccs2)cc1C. The van der Waals surface area contributed by atoms with E-state index in [1.807, 2.05) is 6.07 Å². The van der Waals surface area contributed by atoms with Gasteiger partial charge in [0.25, 0.3) is 0 Å². The van der Waals surface area contributed by atoms with Crippen molar-refractivity contribution in [2.45, 2.75) is 20.4 Å². The molecule has 2 nitrogen and oxygen atoms in total. The Kier molecular flexibility index (Phi) is 3.15. The standard InChI is InChI=1S/C13H16N2S/c1-9-6-12(14)13(7-10(9)2)15-8-11-4-3-5-16-11/h3-7,15H,8,14H2,1-2H3. The second kappa shape index (κ2) is 4.58. The highest BCUT2D eigenvalue weighted by atomic mass is 32.1. The molecule has 0 fully saturated rings. The number of rotatable bonds is 3. The van der Waals surface area contributed by atoms with Crippen molar-refractivity contribution in [3.63, 3.8) is 0 Å². The molecule has 3 heteroatoms. The molecule has 16 heavy (non-hydrogen) atoms. The van der Waals surface area contributed by atoms with Crippen molar-refractivity contribution >= 4 is 22.7 Å². The van der Waals surface area contributed by atoms with Crippen LogP contribution < -0.4 is 11.1 Å². The van der Waals surface area contributed by atoms with Gasteiger partial charge in [0.2, 0.25) is 0 Å². The van der Waals surface area contributed by atoms with Crippen molar-refractivity contribution in [1.29, 1.82) is 0 Å². The molecule has 0 unspecified atom stereocenters. The van der Waals surface area contributed by atoms with Gasteiger partial charge in [-0.05, 0) is 48.6 Å². The number of nitrogens with two attached hydrogens (primary N) is 1. The number of aryl methyl sites for hydroxylation is 2. The molecule has 3 N–H and O–H groups in total. The molecule has 0 saturated carbocycles. The monoisotopic (exact) mass is 232 g/mol. The number of benzene rings is 1. The Balaban J connectivity index is 2.12. The second-order valence-electron chi connectivity index (χ2n) is 3.96. The van der Waals surface area contributed by atoms with E-state index in [4.69, 9.17) is 5.73 Å². The first-order valence-corrected chi connectivity index (χ1v) is 6.18. The number of nitrogens with one attached hydrogen (secondary N) is 1. The molecule has 0 spiro atoms. The van der Waals surface area contributed by atoms with E-state index in [1.165, 1.54) is 16.0 Å². The van der Waals surface area contributed by atoms with E-state index < -0.39 is 0 Å². The van der Waals surface area contributed by atoms with Crippen LogP contribution in [0, 0.1) is 13.8 Å². The van der Waals surface area contributed by atoms with Crippen LogP contribution >= 0.6 is 11.3 Å². The van der Waals surface area contributed by atoms with Crippen LogP contribution in [0.4, 0.5) is 11.4 Å². The maximum absolute atomic E-state index is 5.97. The van der Waals surface area contributed by atoms with E-state index in [2.05, 4.69) is 42.7 Å². The zero-order valence-corrected chi connectivity index (χ0v) is 10.4. The van der Waals surface area contributed by atoms with Crippen molar-refractivity contribution in [1.82, 2.24) is 0 Å². The van der Waals surface area contributed by atoms with Crippen LogP contribution in [0.5, 0.6) is 0 Å². The smallest absolute Gasteiger partial charge is 0.0579 e. The van der Waals surface area contributed by atoms with Gasteiger partial charge in [-0.3, -0.25) is 0 Å². The number of anilines is 2. The number of nitrogen functional groups attached to an aromatic ring is 1. The summed E-state index contributed by atoms with van der Waals surface area (Å²) in [5.74, 6) is 0. The van der Waals surface area contributed by atoms with Gasteiger partial charge in [-0.25, -0.2) is 0 Å². The molecule has 0 bridgehead atoms. The highest BCUT2D eigenvalue weighted by Crippen LogP contribution is 2.24. The van der Waals surface area contributed by atoms with Crippen LogP contribution in [0.25, 0.3) is 0 Å². The topological polar surface area (TPSA) is 38.0 Å². The average molecular weight is 232 g/mol. The fraction of sp³-hybridized carbons (Fsp3) is 0.231. The lowest BCUT2D eigenvalue weighted by Crippen LogP contribution is -2.02. The van der Waals surface area contributed by atoms with Crippen LogP contribution in [-0.4, -0.2) is 0 Å². The molecular weight excluding hydrogens is 216 g/mol. The summed E-state index contributed by atoms with van der Waals surface area (Å²) in [6.07, 6.45) is 0. The number of hydrogen-bond acceptors (Lipinski definition) is 3. The van der Waals surface area contributed by atoms with E-state index in [0.717, 1.165) is 17.9 Å². The Bertz CT molecular complexity index is 475. The van der Waals surface area contributed by atoms with Gasteiger partial charge in [-0.15, -0.1) is 11.3 Å². The predicted octanol–water partition coefficient (Wildman–Crippen LogP) is 3.56. The number of thiophene rings is 1. The van der Waals surface area contributed by atoms with Crippen molar-refractivity contribution in [2.75, 3.05) is 11.1 Å². The summed E-state index contributed by atoms with van der Waals surface area (Å²) < 4.78 is 0. The van der Waals surface area contributed by atoms with Crippen LogP contribution in [0.3, 0.4) is 0 Å². The van der Waals surface area contributed by atoms with Crippen LogP contribution in [0.1, 0.15) is 16.0 Å². The van der Waals surface area contributed by atoms with Crippen molar-refractivity contribution in [3.05, 3.63) is 45.6 Å². The second-order valence-corrected chi connectivity index (χ2v) is 4.99. The summed E-state index contributed by atoms with van der Waals surface area (Å²) in [5.41, 5.74) is 10.3. The van der Waals surface area contributed by atoms with E-state index >= 15 is 0 Å². The summed E-state index contributed by atoms with van der Waals surface area (Å²) in [6, 6.07) is 8.31. The van der Waals surface area contributed by atoms with Gasteiger partial charge >= 0.3 is 0 Å². The van der Waals surface area contributed by atoms with Gasteiger partial charge in [0.05, 0.1) is 11.4 Å². The van der Waals surface area contributed by atoms with Gasteiger partial charge in [0.1, 0.15) is 0 Å². The largest absolute Gasteiger partial charge is 0.397 e. The molecular formula is C13H16N2S. The van der Waals surface area contributed by atoms with Crippen molar-refractivity contribution in [2.24, 2.45) is 0 Å². The van der Waals surface area contributed by atoms with Crippen LogP contribution in [-0.2, 0) is 6.54 Å². The van der Waals surface area contributed by atoms with Crippen molar-refractivity contribution in [3.8, 4) is 0 Å². The summed E-state index contributed by atoms with van der Waals surface area (Å²) in [4.78, 5) is 1.32. The van der Waals surface area contributed by atoms with Gasteiger partial charge < -0.3 is 11.1 Å². The lowest BCUT2D eigenvalue weighted by atomic mass is 10.1. The Morgan fingerprint density at radius 2 is 2.00 bits per heavy atom. The molecule has 0 saturated heterocycles. The Labute approximate surface area is 100 Å². The average Bonchev–Trinajstić information content (AvgIpc) is 2.74. The molecule has 0 atom stereocenters. The van der Waals surface area contributed by atoms with Crippen LogP contribution in [0.15, 0.2) is 29.6 Å². The van der Waals surface area contributed by atoms with Gasteiger partial charge in [0, 0.05) is 11.4 Å². The van der Waals surface area contributed by atoms with Gasteiger partial charge in [-0.1, -0.05) is 6.07 Å². The zero-order chi connectivity index (χ0) is 11.5. The first-order valence-electron chi connectivity index (χ1n) is 5.30. The molecule has 1 heterocycles. The third-order valence-corrected chi connectivity index (χ3v) is 3.58. The molecule has 0 aliphatic carbocycles. The van der Waals surface area contributed by atoms with Crippen molar-refractivity contribution < 1.29 is 0 Å². The minimum atomic E-state index is 0.819. The van der Waals surface area contributed by atoms with Gasteiger partial charge in [-0.2, -0.15) is 0 Å². The number of hydrogen-bond donors (Lipinski definition) is 2. The maximum Gasteiger partial charge on any atom is 0.0579 e. The summed E-state index contributed by atoms with van der Waals surface area (Å²) in [5, 5.41) is 5.45. The Morgan fingerprint density at radius 1 is 1.25 bits per heavy atom. The zero-order valence-electron chi connectivity index (χ0n) is 9.58. The Morgan fingerprint density at radius 3 is 2.69 bits per heavy atom. The maximum atomic E-state index is 5.97. The minimum absolute atomic E-state index is 0.819. The van der Waals surface area contributed by atoms with Gasteiger partial charge in [0.15, 0.2) is 0 Å². The summed E-state index contributed by atoms with van der Waals surface area (Å²) in [7, 11) is 0. The molecule has 0 aliphatic heterocycles. The first-order chi connectivity index (χ1) is 7.66. The molecule has 0 aliphatic rings. The summed E-state index contributed by atoms with van der Waals surface area (Å²) >= 11 is 1.75. The first kappa shape index (κ1) is 11.0. The van der Waals surface area contributed by atoms with E-state index in [-0.39, 0.29) is 0 Å². The molecule has 2 rings (SSSR count). The summed E-state index contributed by atoms with van der Waals surface area (Å²) in [6.45, 7) is 5.02. The normalized spacial score (nSPS) is 10.4. The molecule has 1 aromatic carbocycles. The minimum Gasteiger partial charge on any atom is -0.397 e. The molecule has 0 radical (unpaired) electrons. The van der Waals surface area contributed by atoms with E-state index in [0.29, 0.717) is 0 Å². The third kappa shape index (κ3) is 2.36. The fourth-order valence-corrected chi connectivity index (χ4v) is 2.23. The molecule has 0 amide bonds. The molecule has 84 valence electrons. The highest BCUT2D eigenvalue weighted by molar-refractivity contribution is 7.09. The molecule has 2 aromatic rings. The lowest BCUT2D eigenvalue weighted by Gasteiger charge is -2.11. The van der Waals surface area contributed by atoms with E-state index in [1.54, 1.807) is 11.3 Å².